The second-order valence-corrected chi connectivity index (χ2v) is 8.29. The molecule has 0 saturated carbocycles. The molecule has 2 N–H and O–H groups in total. The highest BCUT2D eigenvalue weighted by Crippen LogP contribution is 2.34. The largest absolute Gasteiger partial charge is 0.460 e. The van der Waals surface area contributed by atoms with Crippen molar-refractivity contribution in [3.8, 4) is 11.5 Å². The third-order valence-electron chi connectivity index (χ3n) is 6.33. The van der Waals surface area contributed by atoms with Gasteiger partial charge in [-0.2, -0.15) is 5.10 Å². The molecule has 2 amide bonds. The van der Waals surface area contributed by atoms with E-state index in [1.54, 1.807) is 60.0 Å². The second kappa shape index (κ2) is 7.63. The first kappa shape index (κ1) is 21.0. The number of ether oxygens (including phenoxy) is 1. The number of aryl methyl sites for hydroxylation is 2. The monoisotopic (exact) mass is 448 g/mol. The van der Waals surface area contributed by atoms with Crippen molar-refractivity contribution in [3.63, 3.8) is 0 Å². The Morgan fingerprint density at radius 2 is 2.06 bits per heavy atom. The van der Waals surface area contributed by atoms with Crippen molar-refractivity contribution in [2.45, 2.75) is 32.9 Å². The van der Waals surface area contributed by atoms with Crippen LogP contribution in [0.15, 0.2) is 41.1 Å². The van der Waals surface area contributed by atoms with Gasteiger partial charge in [-0.25, -0.2) is 4.52 Å². The Bertz CT molecular complexity index is 1420. The molecule has 0 aliphatic carbocycles. The number of furan rings is 1. The molecule has 9 heteroatoms. The lowest BCUT2D eigenvalue weighted by molar-refractivity contribution is -0.0357. The Kier molecular flexibility index (Phi) is 4.86. The zero-order valence-electron chi connectivity index (χ0n) is 18.7. The molecule has 4 heterocycles. The predicted octanol–water partition coefficient (Wildman–Crippen LogP) is 3.05. The molecule has 0 unspecified atom stereocenters. The first-order valence-corrected chi connectivity index (χ1v) is 10.7. The molecule has 0 radical (unpaired) electrons. The number of aliphatic hydroxyl groups is 1. The van der Waals surface area contributed by atoms with Crippen LogP contribution in [-0.2, 0) is 0 Å². The Morgan fingerprint density at radius 3 is 2.76 bits per heavy atom. The summed E-state index contributed by atoms with van der Waals surface area (Å²) in [7, 11) is 1.58. The van der Waals surface area contributed by atoms with E-state index in [4.69, 9.17) is 9.15 Å². The Balaban J connectivity index is 1.51. The minimum absolute atomic E-state index is 0.143. The first-order valence-electron chi connectivity index (χ1n) is 10.7. The van der Waals surface area contributed by atoms with Gasteiger partial charge in [-0.15, -0.1) is 0 Å². The lowest BCUT2D eigenvalue weighted by Crippen LogP contribution is -2.60. The number of nitrogens with zero attached hydrogens (tertiary/aromatic N) is 3. The number of rotatable bonds is 4. The summed E-state index contributed by atoms with van der Waals surface area (Å²) in [6, 6.07) is 6.82. The highest BCUT2D eigenvalue weighted by atomic mass is 16.5. The van der Waals surface area contributed by atoms with Crippen molar-refractivity contribution < 1.29 is 23.8 Å². The molecule has 9 nitrogen and oxygen atoms in total. The van der Waals surface area contributed by atoms with Gasteiger partial charge in [0.05, 0.1) is 29.5 Å². The maximum atomic E-state index is 13.0. The summed E-state index contributed by atoms with van der Waals surface area (Å²) in [5, 5.41) is 17.4. The van der Waals surface area contributed by atoms with E-state index in [2.05, 4.69) is 10.4 Å². The Labute approximate surface area is 189 Å². The van der Waals surface area contributed by atoms with E-state index in [9.17, 15) is 14.7 Å². The molecule has 170 valence electrons. The van der Waals surface area contributed by atoms with E-state index in [-0.39, 0.29) is 17.9 Å². The van der Waals surface area contributed by atoms with Crippen LogP contribution in [0.3, 0.4) is 0 Å². The van der Waals surface area contributed by atoms with Crippen LogP contribution in [0.4, 0.5) is 0 Å². The van der Waals surface area contributed by atoms with E-state index in [1.165, 1.54) is 0 Å². The lowest BCUT2D eigenvalue weighted by Gasteiger charge is -2.43. The van der Waals surface area contributed by atoms with Gasteiger partial charge in [-0.3, -0.25) is 9.59 Å². The summed E-state index contributed by atoms with van der Waals surface area (Å²) in [6.07, 6.45) is 2.80. The van der Waals surface area contributed by atoms with Gasteiger partial charge in [0.15, 0.2) is 5.75 Å². The molecular formula is C24H24N4O5. The summed E-state index contributed by atoms with van der Waals surface area (Å²) < 4.78 is 13.6. The number of β-amino-alcohol motifs (C(OH)–C–C–N with tert-alkyl or cyclic N) is 1. The van der Waals surface area contributed by atoms with Gasteiger partial charge < -0.3 is 24.5 Å². The summed E-state index contributed by atoms with van der Waals surface area (Å²) in [6.45, 7) is 5.75. The molecule has 1 fully saturated rings. The number of nitrogens with one attached hydrogen (secondary N) is 1. The van der Waals surface area contributed by atoms with Crippen LogP contribution in [0.25, 0.3) is 16.5 Å². The van der Waals surface area contributed by atoms with Crippen molar-refractivity contribution in [2.75, 3.05) is 13.6 Å². The third kappa shape index (κ3) is 3.23. The third-order valence-corrected chi connectivity index (χ3v) is 6.33. The zero-order chi connectivity index (χ0) is 23.4. The van der Waals surface area contributed by atoms with Crippen LogP contribution in [0.1, 0.15) is 39.0 Å². The molecule has 4 aromatic rings. The molecular weight excluding hydrogens is 424 g/mol. The average Bonchev–Trinajstić information content (AvgIpc) is 3.32. The molecule has 1 aliphatic rings. The molecule has 0 bridgehead atoms. The molecule has 5 rings (SSSR count). The van der Waals surface area contributed by atoms with E-state index < -0.39 is 6.10 Å². The quantitative estimate of drug-likeness (QED) is 0.497. The number of amides is 2. The van der Waals surface area contributed by atoms with Gasteiger partial charge in [-0.1, -0.05) is 0 Å². The fourth-order valence-corrected chi connectivity index (χ4v) is 4.33. The van der Waals surface area contributed by atoms with Crippen LogP contribution < -0.4 is 10.1 Å². The predicted molar refractivity (Wildman–Crippen MR) is 121 cm³/mol. The number of fused-ring (bicyclic) bond motifs is 2. The van der Waals surface area contributed by atoms with Crippen molar-refractivity contribution in [2.24, 2.45) is 0 Å². The fourth-order valence-electron chi connectivity index (χ4n) is 4.33. The second-order valence-electron chi connectivity index (χ2n) is 8.29. The highest BCUT2D eigenvalue weighted by Gasteiger charge is 2.38. The van der Waals surface area contributed by atoms with Crippen LogP contribution >= 0.6 is 0 Å². The molecule has 33 heavy (non-hydrogen) atoms. The molecule has 1 aromatic carbocycles. The normalized spacial score (nSPS) is 17.9. The number of carbonyl (C=O) groups excluding carboxylic acids is 2. The van der Waals surface area contributed by atoms with Crippen LogP contribution in [0.2, 0.25) is 0 Å². The molecule has 3 aromatic heterocycles. The highest BCUT2D eigenvalue weighted by molar-refractivity contribution is 6.07. The number of hydrogen-bond acceptors (Lipinski definition) is 6. The minimum Gasteiger partial charge on any atom is -0.460 e. The molecule has 1 aliphatic heterocycles. The summed E-state index contributed by atoms with van der Waals surface area (Å²) in [5.74, 6) is 1.24. The number of aliphatic hydroxyl groups excluding tert-OH is 1. The van der Waals surface area contributed by atoms with Crippen LogP contribution in [0, 0.1) is 13.8 Å². The topological polar surface area (TPSA) is 109 Å². The molecule has 2 atom stereocenters. The van der Waals surface area contributed by atoms with E-state index >= 15 is 0 Å². The van der Waals surface area contributed by atoms with Crippen molar-refractivity contribution in [1.29, 1.82) is 0 Å². The molecule has 1 saturated heterocycles. The maximum absolute atomic E-state index is 13.0. The van der Waals surface area contributed by atoms with E-state index in [0.29, 0.717) is 51.4 Å². The zero-order valence-corrected chi connectivity index (χ0v) is 18.7. The summed E-state index contributed by atoms with van der Waals surface area (Å²) in [4.78, 5) is 26.8. The average molecular weight is 448 g/mol. The SMILES string of the molecule is CNC(=O)c1c(C)oc2cc(Oc3ccnn4cc(C(=O)N5C[C@@H](O)[C@H]5C)c(C)c34)ccc12. The smallest absolute Gasteiger partial charge is 0.256 e. The van der Waals surface area contributed by atoms with Gasteiger partial charge >= 0.3 is 0 Å². The fraction of sp³-hybridized carbons (Fsp3) is 0.292. The maximum Gasteiger partial charge on any atom is 0.256 e. The van der Waals surface area contributed by atoms with Gasteiger partial charge in [0.25, 0.3) is 11.8 Å². The van der Waals surface area contributed by atoms with Crippen molar-refractivity contribution in [1.82, 2.24) is 19.8 Å². The van der Waals surface area contributed by atoms with Crippen molar-refractivity contribution in [3.05, 3.63) is 59.1 Å². The number of benzene rings is 1. The number of likely N-dealkylation sites (tertiary alicyclic amines) is 1. The minimum atomic E-state index is -0.493. The summed E-state index contributed by atoms with van der Waals surface area (Å²) >= 11 is 0. The Morgan fingerprint density at radius 1 is 1.27 bits per heavy atom. The van der Waals surface area contributed by atoms with Gasteiger partial charge in [-0.05, 0) is 38.5 Å². The number of hydrogen-bond donors (Lipinski definition) is 2. The van der Waals surface area contributed by atoms with E-state index in [1.807, 2.05) is 13.8 Å². The molecule has 0 spiro atoms. The van der Waals surface area contributed by atoms with Gasteiger partial charge in [0.2, 0.25) is 0 Å². The Hall–Kier alpha value is -3.85. The van der Waals surface area contributed by atoms with Gasteiger partial charge in [0, 0.05) is 37.3 Å². The number of carbonyl (C=O) groups is 2. The lowest BCUT2D eigenvalue weighted by atomic mass is 9.99. The van der Waals surface area contributed by atoms with Gasteiger partial charge in [0.1, 0.15) is 22.6 Å². The first-order chi connectivity index (χ1) is 15.8. The summed E-state index contributed by atoms with van der Waals surface area (Å²) in [5.41, 5.74) is 2.98. The number of aromatic nitrogens is 2. The standard InChI is InChI=1S/C24H24N4O5/c1-12-17(24(31)27-11-18(29)13(27)2)10-28-22(12)19(7-8-26-28)33-15-5-6-16-20(9-15)32-14(3)21(16)23(30)25-4/h5-10,13,18,29H,11H2,1-4H3,(H,25,30)/t13-,18-/m1/s1. The van der Waals surface area contributed by atoms with Crippen molar-refractivity contribution >= 4 is 28.3 Å². The van der Waals surface area contributed by atoms with Crippen LogP contribution in [-0.4, -0.2) is 57.2 Å². The van der Waals surface area contributed by atoms with E-state index in [0.717, 1.165) is 5.56 Å². The van der Waals surface area contributed by atoms with Crippen LogP contribution in [0.5, 0.6) is 11.5 Å².